The minimum atomic E-state index is -0.934. The smallest absolute Gasteiger partial charge is 0.334 e. The van der Waals surface area contributed by atoms with Crippen molar-refractivity contribution < 1.29 is 14.6 Å². The first kappa shape index (κ1) is 11.0. The molecule has 1 aromatic heterocycles. The van der Waals surface area contributed by atoms with Crippen LogP contribution >= 0.6 is 0 Å². The molecule has 0 spiro atoms. The Hall–Kier alpha value is -1.54. The zero-order valence-electron chi connectivity index (χ0n) is 8.91. The lowest BCUT2D eigenvalue weighted by Gasteiger charge is -2.29. The SMILES string of the molecule is Cn1nnc(CN2CCOC(C(=O)O)C2)n1. The third-order valence-corrected chi connectivity index (χ3v) is 2.34. The average Bonchev–Trinajstić information content (AvgIpc) is 2.64. The van der Waals surface area contributed by atoms with Crippen molar-refractivity contribution in [2.45, 2.75) is 12.6 Å². The first-order valence-corrected chi connectivity index (χ1v) is 4.95. The lowest BCUT2D eigenvalue weighted by atomic mass is 10.2. The molecule has 0 amide bonds. The van der Waals surface area contributed by atoms with Crippen LogP contribution in [0.5, 0.6) is 0 Å². The first-order chi connectivity index (χ1) is 7.65. The van der Waals surface area contributed by atoms with Gasteiger partial charge >= 0.3 is 5.97 Å². The van der Waals surface area contributed by atoms with E-state index in [1.54, 1.807) is 7.05 Å². The Morgan fingerprint density at radius 2 is 2.50 bits per heavy atom. The van der Waals surface area contributed by atoms with Crippen LogP contribution in [0.1, 0.15) is 5.82 Å². The van der Waals surface area contributed by atoms with E-state index in [4.69, 9.17) is 9.84 Å². The molecular weight excluding hydrogens is 214 g/mol. The largest absolute Gasteiger partial charge is 0.479 e. The fraction of sp³-hybridized carbons (Fsp3) is 0.750. The third-order valence-electron chi connectivity index (χ3n) is 2.34. The first-order valence-electron chi connectivity index (χ1n) is 4.95. The van der Waals surface area contributed by atoms with Crippen molar-refractivity contribution in [2.75, 3.05) is 19.7 Å². The van der Waals surface area contributed by atoms with Crippen LogP contribution in [0.15, 0.2) is 0 Å². The molecule has 0 bridgehead atoms. The van der Waals surface area contributed by atoms with Gasteiger partial charge in [0.1, 0.15) is 0 Å². The second-order valence-corrected chi connectivity index (χ2v) is 3.63. The summed E-state index contributed by atoms with van der Waals surface area (Å²) in [5, 5.41) is 20.4. The summed E-state index contributed by atoms with van der Waals surface area (Å²) in [7, 11) is 1.69. The third kappa shape index (κ3) is 2.52. The number of aromatic nitrogens is 4. The van der Waals surface area contributed by atoms with Crippen molar-refractivity contribution >= 4 is 5.97 Å². The van der Waals surface area contributed by atoms with Gasteiger partial charge in [0, 0.05) is 13.1 Å². The lowest BCUT2D eigenvalue weighted by molar-refractivity contribution is -0.156. The van der Waals surface area contributed by atoms with Crippen LogP contribution in [-0.4, -0.2) is 62.0 Å². The summed E-state index contributed by atoms with van der Waals surface area (Å²) in [5.74, 6) is -0.342. The molecule has 0 aliphatic carbocycles. The predicted octanol–water partition coefficient (Wildman–Crippen LogP) is -1.50. The molecule has 2 rings (SSSR count). The normalized spacial score (nSPS) is 22.2. The lowest BCUT2D eigenvalue weighted by Crippen LogP contribution is -2.45. The van der Waals surface area contributed by atoms with Gasteiger partial charge in [0.2, 0.25) is 0 Å². The van der Waals surface area contributed by atoms with E-state index in [1.165, 1.54) is 4.80 Å². The van der Waals surface area contributed by atoms with Gasteiger partial charge in [-0.25, -0.2) is 4.79 Å². The Bertz CT molecular complexity index is 380. The van der Waals surface area contributed by atoms with E-state index in [0.29, 0.717) is 32.1 Å². The van der Waals surface area contributed by atoms with Crippen molar-refractivity contribution in [3.63, 3.8) is 0 Å². The molecule has 1 aromatic rings. The Labute approximate surface area is 91.8 Å². The van der Waals surface area contributed by atoms with Gasteiger partial charge in [-0.2, -0.15) is 4.80 Å². The maximum atomic E-state index is 10.8. The summed E-state index contributed by atoms with van der Waals surface area (Å²) in [6.07, 6.45) is -0.759. The zero-order chi connectivity index (χ0) is 11.5. The summed E-state index contributed by atoms with van der Waals surface area (Å²) in [4.78, 5) is 14.1. The quantitative estimate of drug-likeness (QED) is 0.671. The van der Waals surface area contributed by atoms with E-state index in [9.17, 15) is 4.79 Å². The Morgan fingerprint density at radius 1 is 1.69 bits per heavy atom. The highest BCUT2D eigenvalue weighted by Crippen LogP contribution is 2.07. The molecule has 1 saturated heterocycles. The minimum Gasteiger partial charge on any atom is -0.479 e. The van der Waals surface area contributed by atoms with Gasteiger partial charge in [-0.3, -0.25) is 4.90 Å². The van der Waals surface area contributed by atoms with Crippen molar-refractivity contribution in [2.24, 2.45) is 7.05 Å². The summed E-state index contributed by atoms with van der Waals surface area (Å²) in [6.45, 7) is 1.95. The predicted molar refractivity (Wildman–Crippen MR) is 51.5 cm³/mol. The number of ether oxygens (including phenoxy) is 1. The molecule has 1 unspecified atom stereocenters. The van der Waals surface area contributed by atoms with Crippen molar-refractivity contribution in [3.05, 3.63) is 5.82 Å². The summed E-state index contributed by atoms with van der Waals surface area (Å²) < 4.78 is 5.11. The van der Waals surface area contributed by atoms with Gasteiger partial charge < -0.3 is 9.84 Å². The van der Waals surface area contributed by atoms with E-state index in [-0.39, 0.29) is 0 Å². The molecule has 2 heterocycles. The van der Waals surface area contributed by atoms with Gasteiger partial charge in [-0.1, -0.05) is 0 Å². The average molecular weight is 227 g/mol. The molecular formula is C8H13N5O3. The highest BCUT2D eigenvalue weighted by Gasteiger charge is 2.26. The van der Waals surface area contributed by atoms with E-state index >= 15 is 0 Å². The number of morpholine rings is 1. The molecule has 1 aliphatic heterocycles. The summed E-state index contributed by atoms with van der Waals surface area (Å²) in [6, 6.07) is 0. The number of hydrogen-bond donors (Lipinski definition) is 1. The number of nitrogens with zero attached hydrogens (tertiary/aromatic N) is 5. The van der Waals surface area contributed by atoms with Crippen LogP contribution < -0.4 is 0 Å². The van der Waals surface area contributed by atoms with E-state index in [2.05, 4.69) is 15.4 Å². The van der Waals surface area contributed by atoms with E-state index in [0.717, 1.165) is 0 Å². The van der Waals surface area contributed by atoms with Crippen LogP contribution in [0.2, 0.25) is 0 Å². The van der Waals surface area contributed by atoms with Crippen LogP contribution in [0, 0.1) is 0 Å². The minimum absolute atomic E-state index is 0.355. The highest BCUT2D eigenvalue weighted by atomic mass is 16.5. The van der Waals surface area contributed by atoms with Gasteiger partial charge in [0.15, 0.2) is 11.9 Å². The zero-order valence-corrected chi connectivity index (χ0v) is 8.91. The highest BCUT2D eigenvalue weighted by molar-refractivity contribution is 5.72. The number of aryl methyl sites for hydroxylation is 1. The van der Waals surface area contributed by atoms with Gasteiger partial charge in [-0.05, 0) is 5.21 Å². The number of rotatable bonds is 3. The molecule has 0 radical (unpaired) electrons. The Balaban J connectivity index is 1.92. The van der Waals surface area contributed by atoms with E-state index < -0.39 is 12.1 Å². The standard InChI is InChI=1S/C8H13N5O3/c1-12-10-7(9-11-12)5-13-2-3-16-6(4-13)8(14)15/h6H,2-5H2,1H3,(H,14,15). The van der Waals surface area contributed by atoms with Gasteiger partial charge in [0.25, 0.3) is 0 Å². The molecule has 0 saturated carbocycles. The number of carbonyl (C=O) groups is 1. The van der Waals surface area contributed by atoms with Crippen LogP contribution in [-0.2, 0) is 23.1 Å². The molecule has 16 heavy (non-hydrogen) atoms. The molecule has 0 aromatic carbocycles. The molecule has 8 nitrogen and oxygen atoms in total. The van der Waals surface area contributed by atoms with Crippen LogP contribution in [0.4, 0.5) is 0 Å². The maximum absolute atomic E-state index is 10.8. The van der Waals surface area contributed by atoms with Gasteiger partial charge in [0.05, 0.1) is 20.2 Å². The second kappa shape index (κ2) is 4.54. The monoisotopic (exact) mass is 227 g/mol. The fourth-order valence-corrected chi connectivity index (χ4v) is 1.58. The fourth-order valence-electron chi connectivity index (χ4n) is 1.58. The molecule has 1 aliphatic rings. The van der Waals surface area contributed by atoms with Crippen molar-refractivity contribution in [3.8, 4) is 0 Å². The number of carboxylic acids is 1. The molecule has 1 atom stereocenters. The van der Waals surface area contributed by atoms with Gasteiger partial charge in [-0.15, -0.1) is 10.2 Å². The second-order valence-electron chi connectivity index (χ2n) is 3.63. The summed E-state index contributed by atoms with van der Waals surface area (Å²) in [5.41, 5.74) is 0. The van der Waals surface area contributed by atoms with Crippen molar-refractivity contribution in [1.29, 1.82) is 0 Å². The molecule has 8 heteroatoms. The molecule has 88 valence electrons. The van der Waals surface area contributed by atoms with Crippen molar-refractivity contribution in [1.82, 2.24) is 25.1 Å². The Morgan fingerprint density at radius 3 is 3.12 bits per heavy atom. The van der Waals surface area contributed by atoms with Crippen LogP contribution in [0.3, 0.4) is 0 Å². The topological polar surface area (TPSA) is 93.4 Å². The molecule has 1 N–H and O–H groups in total. The molecule has 1 fully saturated rings. The summed E-state index contributed by atoms with van der Waals surface area (Å²) >= 11 is 0. The number of hydrogen-bond acceptors (Lipinski definition) is 6. The Kier molecular flexibility index (Phi) is 3.11. The number of aliphatic carboxylic acids is 1. The number of carboxylic acid groups (broad SMARTS) is 1. The number of tetrazole rings is 1. The van der Waals surface area contributed by atoms with E-state index in [1.807, 2.05) is 4.90 Å². The maximum Gasteiger partial charge on any atom is 0.334 e. The van der Waals surface area contributed by atoms with Crippen LogP contribution in [0.25, 0.3) is 0 Å².